The van der Waals surface area contributed by atoms with Gasteiger partial charge in [-0.25, -0.2) is 0 Å². The van der Waals surface area contributed by atoms with E-state index in [0.717, 1.165) is 38.5 Å². The molecule has 0 unspecified atom stereocenters. The van der Waals surface area contributed by atoms with E-state index < -0.39 is 5.60 Å². The van der Waals surface area contributed by atoms with E-state index in [9.17, 15) is 5.11 Å². The largest absolute Gasteiger partial charge is 0.390 e. The zero-order chi connectivity index (χ0) is 13.0. The van der Waals surface area contributed by atoms with Crippen molar-refractivity contribution in [1.29, 1.82) is 0 Å². The first-order valence-corrected chi connectivity index (χ1v) is 7.13. The van der Waals surface area contributed by atoms with Crippen molar-refractivity contribution in [2.24, 2.45) is 0 Å². The van der Waals surface area contributed by atoms with Crippen molar-refractivity contribution in [3.05, 3.63) is 35.4 Å². The smallest absolute Gasteiger partial charge is 0.0689 e. The molecule has 1 saturated carbocycles. The third-order valence-electron chi connectivity index (χ3n) is 4.29. The maximum atomic E-state index is 10.6. The topological polar surface area (TPSA) is 32.3 Å². The fourth-order valence-electron chi connectivity index (χ4n) is 2.89. The summed E-state index contributed by atoms with van der Waals surface area (Å²) in [5.74, 6) is 0. The molecule has 2 rings (SSSR count). The number of nitrogens with one attached hydrogen (secondary N) is 1. The molecule has 0 amide bonds. The van der Waals surface area contributed by atoms with Gasteiger partial charge in [-0.1, -0.05) is 31.2 Å². The highest BCUT2D eigenvalue weighted by atomic mass is 16.3. The van der Waals surface area contributed by atoms with Crippen LogP contribution < -0.4 is 5.32 Å². The monoisotopic (exact) mass is 247 g/mol. The molecule has 0 aliphatic heterocycles. The van der Waals surface area contributed by atoms with E-state index in [4.69, 9.17) is 0 Å². The number of hydrogen-bond acceptors (Lipinski definition) is 2. The number of aliphatic hydroxyl groups is 1. The van der Waals surface area contributed by atoms with Gasteiger partial charge in [-0.15, -0.1) is 0 Å². The minimum Gasteiger partial charge on any atom is -0.390 e. The van der Waals surface area contributed by atoms with Crippen LogP contribution in [0.15, 0.2) is 24.3 Å². The Morgan fingerprint density at radius 1 is 1.17 bits per heavy atom. The minimum absolute atomic E-state index is 0.485. The Morgan fingerprint density at radius 2 is 1.72 bits per heavy atom. The van der Waals surface area contributed by atoms with Gasteiger partial charge in [0.1, 0.15) is 0 Å². The lowest BCUT2D eigenvalue weighted by molar-refractivity contribution is -0.00242. The number of benzene rings is 1. The highest BCUT2D eigenvalue weighted by Gasteiger charge is 2.32. The SMILES string of the molecule is CCc1ccc(CC2(O)CCC(NC)CC2)cc1. The summed E-state index contributed by atoms with van der Waals surface area (Å²) in [5.41, 5.74) is 2.14. The van der Waals surface area contributed by atoms with Crippen LogP contribution in [-0.4, -0.2) is 23.8 Å². The summed E-state index contributed by atoms with van der Waals surface area (Å²) in [5, 5.41) is 13.9. The van der Waals surface area contributed by atoms with Gasteiger partial charge in [0, 0.05) is 12.5 Å². The second-order valence-corrected chi connectivity index (χ2v) is 5.63. The molecule has 2 N–H and O–H groups in total. The van der Waals surface area contributed by atoms with Gasteiger partial charge in [-0.2, -0.15) is 0 Å². The van der Waals surface area contributed by atoms with E-state index in [-0.39, 0.29) is 0 Å². The molecule has 0 saturated heterocycles. The quantitative estimate of drug-likeness (QED) is 0.857. The first kappa shape index (κ1) is 13.6. The number of rotatable bonds is 4. The average molecular weight is 247 g/mol. The maximum Gasteiger partial charge on any atom is 0.0689 e. The molecule has 18 heavy (non-hydrogen) atoms. The van der Waals surface area contributed by atoms with Crippen LogP contribution in [0.3, 0.4) is 0 Å². The minimum atomic E-state index is -0.485. The summed E-state index contributed by atoms with van der Waals surface area (Å²) >= 11 is 0. The zero-order valence-electron chi connectivity index (χ0n) is 11.6. The van der Waals surface area contributed by atoms with Crippen molar-refractivity contribution in [2.45, 2.75) is 57.1 Å². The molecule has 1 aliphatic carbocycles. The van der Waals surface area contributed by atoms with Crippen molar-refractivity contribution in [2.75, 3.05) is 7.05 Å². The molecule has 0 aromatic heterocycles. The fraction of sp³-hybridized carbons (Fsp3) is 0.625. The van der Waals surface area contributed by atoms with Crippen LogP contribution in [-0.2, 0) is 12.8 Å². The van der Waals surface area contributed by atoms with E-state index in [1.807, 2.05) is 7.05 Å². The second kappa shape index (κ2) is 5.85. The van der Waals surface area contributed by atoms with Crippen molar-refractivity contribution in [1.82, 2.24) is 5.32 Å². The zero-order valence-corrected chi connectivity index (χ0v) is 11.6. The van der Waals surface area contributed by atoms with Crippen molar-refractivity contribution < 1.29 is 5.11 Å². The van der Waals surface area contributed by atoms with Gasteiger partial charge < -0.3 is 10.4 Å². The van der Waals surface area contributed by atoms with E-state index >= 15 is 0 Å². The molecule has 0 spiro atoms. The van der Waals surface area contributed by atoms with Crippen LogP contribution in [0.1, 0.15) is 43.7 Å². The maximum absolute atomic E-state index is 10.6. The molecule has 1 aromatic rings. The van der Waals surface area contributed by atoms with Crippen LogP contribution in [0.2, 0.25) is 0 Å². The molecule has 100 valence electrons. The molecule has 2 heteroatoms. The molecule has 0 radical (unpaired) electrons. The second-order valence-electron chi connectivity index (χ2n) is 5.63. The Morgan fingerprint density at radius 3 is 2.22 bits per heavy atom. The van der Waals surface area contributed by atoms with Crippen LogP contribution in [0.5, 0.6) is 0 Å². The Kier molecular flexibility index (Phi) is 4.41. The summed E-state index contributed by atoms with van der Waals surface area (Å²) in [6, 6.07) is 9.28. The molecule has 0 bridgehead atoms. The van der Waals surface area contributed by atoms with Crippen LogP contribution in [0.25, 0.3) is 0 Å². The molecule has 1 aliphatic rings. The van der Waals surface area contributed by atoms with Crippen LogP contribution in [0.4, 0.5) is 0 Å². The van der Waals surface area contributed by atoms with Gasteiger partial charge in [-0.3, -0.25) is 0 Å². The van der Waals surface area contributed by atoms with E-state index in [1.54, 1.807) is 0 Å². The van der Waals surface area contributed by atoms with Gasteiger partial charge in [0.05, 0.1) is 5.60 Å². The molecule has 0 atom stereocenters. The van der Waals surface area contributed by atoms with Gasteiger partial charge >= 0.3 is 0 Å². The van der Waals surface area contributed by atoms with Crippen LogP contribution >= 0.6 is 0 Å². The highest BCUT2D eigenvalue weighted by molar-refractivity contribution is 5.24. The summed E-state index contributed by atoms with van der Waals surface area (Å²) < 4.78 is 0. The number of aryl methyl sites for hydroxylation is 1. The fourth-order valence-corrected chi connectivity index (χ4v) is 2.89. The lowest BCUT2D eigenvalue weighted by Crippen LogP contribution is -2.41. The third kappa shape index (κ3) is 3.33. The van der Waals surface area contributed by atoms with Crippen molar-refractivity contribution in [3.8, 4) is 0 Å². The Labute approximate surface area is 110 Å². The first-order valence-electron chi connectivity index (χ1n) is 7.13. The molecular formula is C16H25NO. The number of hydrogen-bond donors (Lipinski definition) is 2. The summed E-state index contributed by atoms with van der Waals surface area (Å²) in [6.45, 7) is 2.17. The first-order chi connectivity index (χ1) is 8.65. The third-order valence-corrected chi connectivity index (χ3v) is 4.29. The van der Waals surface area contributed by atoms with Gasteiger partial charge in [0.25, 0.3) is 0 Å². The van der Waals surface area contributed by atoms with E-state index in [1.165, 1.54) is 11.1 Å². The molecule has 0 heterocycles. The Balaban J connectivity index is 1.95. The predicted octanol–water partition coefficient (Wildman–Crippen LogP) is 2.68. The normalized spacial score (nSPS) is 28.3. The molecule has 2 nitrogen and oxygen atoms in total. The molecular weight excluding hydrogens is 222 g/mol. The van der Waals surface area contributed by atoms with E-state index in [0.29, 0.717) is 6.04 Å². The molecule has 1 fully saturated rings. The van der Waals surface area contributed by atoms with Gasteiger partial charge in [0.2, 0.25) is 0 Å². The van der Waals surface area contributed by atoms with Gasteiger partial charge in [-0.05, 0) is 50.3 Å². The average Bonchev–Trinajstić information content (AvgIpc) is 2.40. The van der Waals surface area contributed by atoms with Crippen molar-refractivity contribution >= 4 is 0 Å². The van der Waals surface area contributed by atoms with Crippen LogP contribution in [0, 0.1) is 0 Å². The standard InChI is InChI=1S/C16H25NO/c1-3-13-4-6-14(7-5-13)12-16(18)10-8-15(17-2)9-11-16/h4-7,15,17-18H,3,8-12H2,1-2H3. The highest BCUT2D eigenvalue weighted by Crippen LogP contribution is 2.31. The van der Waals surface area contributed by atoms with Gasteiger partial charge in [0.15, 0.2) is 0 Å². The predicted molar refractivity (Wildman–Crippen MR) is 75.8 cm³/mol. The Hall–Kier alpha value is -0.860. The lowest BCUT2D eigenvalue weighted by atomic mass is 9.78. The summed E-state index contributed by atoms with van der Waals surface area (Å²) in [6.07, 6.45) is 5.87. The summed E-state index contributed by atoms with van der Waals surface area (Å²) in [4.78, 5) is 0. The lowest BCUT2D eigenvalue weighted by Gasteiger charge is -2.36. The van der Waals surface area contributed by atoms with E-state index in [2.05, 4.69) is 36.5 Å². The molecule has 1 aromatic carbocycles. The Bertz CT molecular complexity index is 363. The summed E-state index contributed by atoms with van der Waals surface area (Å²) in [7, 11) is 2.01. The van der Waals surface area contributed by atoms with Crippen molar-refractivity contribution in [3.63, 3.8) is 0 Å².